The van der Waals surface area contributed by atoms with Crippen LogP contribution in [0.3, 0.4) is 0 Å². The fourth-order valence-corrected chi connectivity index (χ4v) is 7.17. The van der Waals surface area contributed by atoms with Gasteiger partial charge in [0.15, 0.2) is 11.6 Å². The first-order valence-electron chi connectivity index (χ1n) is 18.3. The van der Waals surface area contributed by atoms with E-state index in [-0.39, 0.29) is 18.1 Å². The van der Waals surface area contributed by atoms with Gasteiger partial charge in [-0.15, -0.1) is 0 Å². The number of pyridine rings is 2. The summed E-state index contributed by atoms with van der Waals surface area (Å²) in [6.07, 6.45) is -2.33. The van der Waals surface area contributed by atoms with E-state index in [0.717, 1.165) is 93.3 Å². The van der Waals surface area contributed by atoms with Crippen LogP contribution in [0.25, 0.3) is 22.5 Å². The zero-order valence-corrected chi connectivity index (χ0v) is 29.3. The van der Waals surface area contributed by atoms with Crippen molar-refractivity contribution in [3.05, 3.63) is 83.9 Å². The number of benzene rings is 2. The quantitative estimate of drug-likeness (QED) is 0.183. The lowest BCUT2D eigenvalue weighted by Crippen LogP contribution is -2.51. The van der Waals surface area contributed by atoms with Crippen molar-refractivity contribution in [1.29, 1.82) is 0 Å². The Morgan fingerprint density at radius 3 is 1.89 bits per heavy atom. The van der Waals surface area contributed by atoms with Gasteiger partial charge in [-0.1, -0.05) is 24.3 Å². The standard InChI is InChI=1S/C20H19F3N4O.C16H14F3N3.C3H7N/c21-20(22,23)13-3-1-2-12(10-13)16-6-7-17-18(25-16)27(15-8-9-26(17)11-15)19(28)24-14-4-5-14;17-16(18,19)11-3-1-2-10(8-11)13-4-5-14-15(21-13)20-12-6-7-22(14)9-12;4-3-1-2-3/h1-3,6-7,10,14-15H,4-5,8-9,11H2,(H,24,28);1-5,8,12H,6-7,9H2,(H,20,21);3H,1-2,4H2/t15-;12-;/m00./s1. The third kappa shape index (κ3) is 7.77. The molecule has 2 aromatic carbocycles. The number of aromatic nitrogens is 2. The number of nitrogens with two attached hydrogens (primary N) is 1. The Morgan fingerprint density at radius 2 is 1.30 bits per heavy atom. The first-order chi connectivity index (χ1) is 25.8. The molecule has 0 radical (unpaired) electrons. The van der Waals surface area contributed by atoms with Crippen molar-refractivity contribution in [3.63, 3.8) is 0 Å². The normalized spacial score (nSPS) is 20.8. The molecule has 6 aliphatic rings. The van der Waals surface area contributed by atoms with Crippen molar-refractivity contribution in [1.82, 2.24) is 15.3 Å². The van der Waals surface area contributed by atoms with E-state index in [1.54, 1.807) is 29.2 Å². The molecule has 4 aliphatic heterocycles. The molecule has 0 spiro atoms. The van der Waals surface area contributed by atoms with Crippen LogP contribution in [0.2, 0.25) is 0 Å². The number of nitrogens with zero attached hydrogens (tertiary/aromatic N) is 5. The van der Waals surface area contributed by atoms with Gasteiger partial charge in [-0.05, 0) is 87.1 Å². The minimum atomic E-state index is -4.41. The van der Waals surface area contributed by atoms with Gasteiger partial charge in [-0.25, -0.2) is 14.8 Å². The molecule has 10 rings (SSSR count). The minimum Gasteiger partial charge on any atom is -0.366 e. The van der Waals surface area contributed by atoms with Crippen LogP contribution in [0.15, 0.2) is 72.8 Å². The molecule has 2 atom stereocenters. The number of anilines is 4. The monoisotopic (exact) mass is 750 g/mol. The molecule has 4 N–H and O–H groups in total. The van der Waals surface area contributed by atoms with Gasteiger partial charge in [0.2, 0.25) is 0 Å². The molecule has 2 aromatic heterocycles. The maximum absolute atomic E-state index is 13.1. The number of hydrogen-bond acceptors (Lipinski definition) is 7. The molecule has 4 fully saturated rings. The minimum absolute atomic E-state index is 0.0375. The summed E-state index contributed by atoms with van der Waals surface area (Å²) in [4.78, 5) is 28.2. The van der Waals surface area contributed by atoms with Gasteiger partial charge >= 0.3 is 18.4 Å². The van der Waals surface area contributed by atoms with Crippen LogP contribution in [-0.4, -0.2) is 66.3 Å². The summed E-state index contributed by atoms with van der Waals surface area (Å²) < 4.78 is 77.7. The summed E-state index contributed by atoms with van der Waals surface area (Å²) in [5, 5.41) is 6.38. The zero-order valence-electron chi connectivity index (χ0n) is 29.3. The van der Waals surface area contributed by atoms with Crippen LogP contribution in [-0.2, 0) is 12.4 Å². The molecule has 4 aromatic rings. The number of fused-ring (bicyclic) bond motifs is 8. The molecular weight excluding hydrogens is 710 g/mol. The van der Waals surface area contributed by atoms with Crippen molar-refractivity contribution in [3.8, 4) is 22.5 Å². The third-order valence-corrected chi connectivity index (χ3v) is 10.4. The lowest BCUT2D eigenvalue weighted by Gasteiger charge is -2.36. The first-order valence-corrected chi connectivity index (χ1v) is 18.3. The van der Waals surface area contributed by atoms with Crippen molar-refractivity contribution < 1.29 is 31.1 Å². The Bertz CT molecular complexity index is 2030. The van der Waals surface area contributed by atoms with Crippen LogP contribution < -0.4 is 31.1 Å². The number of hydrogen-bond donors (Lipinski definition) is 3. The number of carbonyl (C=O) groups excluding carboxylic acids is 1. The van der Waals surface area contributed by atoms with Gasteiger partial charge in [-0.3, -0.25) is 4.90 Å². The maximum Gasteiger partial charge on any atom is 0.416 e. The summed E-state index contributed by atoms with van der Waals surface area (Å²) in [7, 11) is 0. The van der Waals surface area contributed by atoms with E-state index in [0.29, 0.717) is 40.4 Å². The summed E-state index contributed by atoms with van der Waals surface area (Å²) in [5.74, 6) is 1.30. The van der Waals surface area contributed by atoms with Crippen molar-refractivity contribution in [2.24, 2.45) is 5.73 Å². The highest BCUT2D eigenvalue weighted by Crippen LogP contribution is 2.41. The molecule has 2 aliphatic carbocycles. The molecule has 2 saturated heterocycles. The highest BCUT2D eigenvalue weighted by molar-refractivity contribution is 5.97. The van der Waals surface area contributed by atoms with E-state index in [2.05, 4.69) is 30.4 Å². The molecule has 15 heteroatoms. The molecule has 284 valence electrons. The van der Waals surface area contributed by atoms with Crippen LogP contribution >= 0.6 is 0 Å². The molecule has 2 saturated carbocycles. The number of amides is 2. The van der Waals surface area contributed by atoms with Gasteiger partial charge < -0.3 is 26.2 Å². The smallest absolute Gasteiger partial charge is 0.366 e. The van der Waals surface area contributed by atoms with E-state index in [1.807, 2.05) is 12.1 Å². The van der Waals surface area contributed by atoms with Crippen LogP contribution in [0.1, 0.15) is 49.7 Å². The largest absolute Gasteiger partial charge is 0.416 e. The van der Waals surface area contributed by atoms with Gasteiger partial charge in [0.1, 0.15) is 0 Å². The van der Waals surface area contributed by atoms with Gasteiger partial charge in [0.25, 0.3) is 0 Å². The number of urea groups is 1. The summed E-state index contributed by atoms with van der Waals surface area (Å²) in [6, 6.07) is 18.8. The van der Waals surface area contributed by atoms with Crippen LogP contribution in [0.4, 0.5) is 54.1 Å². The van der Waals surface area contributed by atoms with Crippen molar-refractivity contribution in [2.75, 3.05) is 46.2 Å². The van der Waals surface area contributed by atoms with Crippen molar-refractivity contribution in [2.45, 2.75) is 75.0 Å². The predicted molar refractivity (Wildman–Crippen MR) is 195 cm³/mol. The second-order valence-corrected chi connectivity index (χ2v) is 14.7. The Kier molecular flexibility index (Phi) is 9.31. The number of alkyl halides is 6. The molecule has 0 unspecified atom stereocenters. The summed E-state index contributed by atoms with van der Waals surface area (Å²) in [6.45, 7) is 3.57. The molecule has 2 amide bonds. The Hall–Kier alpha value is -5.05. The van der Waals surface area contributed by atoms with Gasteiger partial charge in [-0.2, -0.15) is 26.3 Å². The Morgan fingerprint density at radius 1 is 0.722 bits per heavy atom. The van der Waals surface area contributed by atoms with Crippen molar-refractivity contribution >= 4 is 29.0 Å². The fourth-order valence-electron chi connectivity index (χ4n) is 7.17. The molecule has 4 bridgehead atoms. The van der Waals surface area contributed by atoms with Gasteiger partial charge in [0, 0.05) is 55.4 Å². The Labute approximate surface area is 308 Å². The SMILES string of the molecule is FC(F)(F)c1cccc(-c2ccc3c(n2)N[C@H]2CCN3C2)c1.NC1CC1.O=C(NC1CC1)N1c2nc(-c3cccc(C(F)(F)F)c3)ccc2N2CC[C@H]1C2. The topological polar surface area (TPSA) is 103 Å². The zero-order chi connectivity index (χ0) is 37.8. The van der Waals surface area contributed by atoms with E-state index in [4.69, 9.17) is 5.73 Å². The van der Waals surface area contributed by atoms with Crippen LogP contribution in [0, 0.1) is 0 Å². The molecule has 54 heavy (non-hydrogen) atoms. The number of carbonyl (C=O) groups is 1. The fraction of sp³-hybridized carbons (Fsp3) is 0.410. The summed E-state index contributed by atoms with van der Waals surface area (Å²) in [5.41, 5.74) is 7.59. The summed E-state index contributed by atoms with van der Waals surface area (Å²) >= 11 is 0. The van der Waals surface area contributed by atoms with E-state index < -0.39 is 23.5 Å². The van der Waals surface area contributed by atoms with Gasteiger partial charge in [0.05, 0.1) is 39.9 Å². The maximum atomic E-state index is 13.1. The predicted octanol–water partition coefficient (Wildman–Crippen LogP) is 7.92. The molecular formula is C39H40F6N8O. The third-order valence-electron chi connectivity index (χ3n) is 10.4. The van der Waals surface area contributed by atoms with E-state index in [1.165, 1.54) is 25.0 Å². The highest BCUT2D eigenvalue weighted by Gasteiger charge is 2.42. The lowest BCUT2D eigenvalue weighted by molar-refractivity contribution is -0.138. The number of halogens is 6. The van der Waals surface area contributed by atoms with E-state index >= 15 is 0 Å². The average molecular weight is 751 g/mol. The van der Waals surface area contributed by atoms with Crippen LogP contribution in [0.5, 0.6) is 0 Å². The Balaban J connectivity index is 0.000000142. The molecule has 9 nitrogen and oxygen atoms in total. The lowest BCUT2D eigenvalue weighted by atomic mass is 10.1. The average Bonchev–Trinajstić information content (AvgIpc) is 4.07. The molecule has 6 heterocycles. The first kappa shape index (κ1) is 36.0. The highest BCUT2D eigenvalue weighted by atomic mass is 19.4. The number of nitrogens with one attached hydrogen (secondary N) is 2. The van der Waals surface area contributed by atoms with E-state index in [9.17, 15) is 31.1 Å². The second kappa shape index (κ2) is 14.0. The number of rotatable bonds is 3. The second-order valence-electron chi connectivity index (χ2n) is 14.7.